The lowest BCUT2D eigenvalue weighted by atomic mass is 9.94. The quantitative estimate of drug-likeness (QED) is 0.0568. The van der Waals surface area contributed by atoms with Crippen molar-refractivity contribution in [3.63, 3.8) is 0 Å². The lowest BCUT2D eigenvalue weighted by Gasteiger charge is -2.20. The second-order valence-corrected chi connectivity index (χ2v) is 22.4. The molecule has 0 saturated heterocycles. The number of hydrogen-bond donors (Lipinski definition) is 0. The zero-order valence-corrected chi connectivity index (χ0v) is 40.5. The summed E-state index contributed by atoms with van der Waals surface area (Å²) < 4.78 is 39.3. The van der Waals surface area contributed by atoms with E-state index in [1.807, 2.05) is 52.0 Å². The highest BCUT2D eigenvalue weighted by atomic mass is 31.2. The SMILES string of the molecule is Cc1cc(C)c(C(=O)P(C)(=O)C(=O)c2c(C)cc(C)c(COC(=O)CCCCC(=O)OCc3c(C)cc(C)c(C(=O)P(C)(=O)C(=O)c4c(C)cc(C)cc4C)c3C)c2C)c(C)c1. The van der Waals surface area contributed by atoms with Gasteiger partial charge in [-0.1, -0.05) is 47.5 Å². The Labute approximate surface area is 366 Å². The van der Waals surface area contributed by atoms with Gasteiger partial charge in [0.2, 0.25) is 36.4 Å². The zero-order chi connectivity index (χ0) is 46.8. The van der Waals surface area contributed by atoms with E-state index in [0.29, 0.717) is 79.6 Å². The van der Waals surface area contributed by atoms with Crippen LogP contribution in [0.1, 0.15) is 145 Å². The molecule has 0 spiro atoms. The molecule has 0 N–H and O–H groups in total. The van der Waals surface area contributed by atoms with Crippen LogP contribution in [0.15, 0.2) is 36.4 Å². The molecule has 0 aliphatic rings. The minimum atomic E-state index is -4.06. The van der Waals surface area contributed by atoms with Crippen LogP contribution in [-0.4, -0.2) is 47.4 Å². The van der Waals surface area contributed by atoms with Gasteiger partial charge >= 0.3 is 11.9 Å². The minimum absolute atomic E-state index is 0.0238. The minimum Gasteiger partial charge on any atom is -0.461 e. The predicted octanol–water partition coefficient (Wildman–Crippen LogP) is 11.7. The molecule has 0 bridgehead atoms. The molecule has 4 rings (SSSR count). The van der Waals surface area contributed by atoms with Crippen LogP contribution in [-0.2, 0) is 41.4 Å². The van der Waals surface area contributed by atoms with Gasteiger partial charge in [0.25, 0.3) is 0 Å². The van der Waals surface area contributed by atoms with Gasteiger partial charge in [-0.15, -0.1) is 0 Å². The topological polar surface area (TPSA) is 155 Å². The summed E-state index contributed by atoms with van der Waals surface area (Å²) in [6.07, 6.45) is 0.721. The molecule has 0 aromatic heterocycles. The number of rotatable bonds is 17. The molecule has 2 atom stereocenters. The van der Waals surface area contributed by atoms with E-state index in [1.54, 1.807) is 67.5 Å². The molecule has 62 heavy (non-hydrogen) atoms. The summed E-state index contributed by atoms with van der Waals surface area (Å²) in [5.74, 6) is -1.01. The fourth-order valence-electron chi connectivity index (χ4n) is 8.62. The van der Waals surface area contributed by atoms with Crippen LogP contribution >= 0.6 is 14.3 Å². The maximum Gasteiger partial charge on any atom is 0.306 e. The summed E-state index contributed by atoms with van der Waals surface area (Å²) in [5.41, 5.74) is 7.52. The number of unbranched alkanes of at least 4 members (excludes halogenated alkanes) is 1. The van der Waals surface area contributed by atoms with Crippen molar-refractivity contribution in [1.29, 1.82) is 0 Å². The van der Waals surface area contributed by atoms with Crippen LogP contribution in [0.2, 0.25) is 0 Å². The largest absolute Gasteiger partial charge is 0.461 e. The smallest absolute Gasteiger partial charge is 0.306 e. The van der Waals surface area contributed by atoms with Crippen LogP contribution in [0.3, 0.4) is 0 Å². The van der Waals surface area contributed by atoms with Crippen LogP contribution in [0.4, 0.5) is 0 Å². The molecule has 10 nitrogen and oxygen atoms in total. The second kappa shape index (κ2) is 19.6. The van der Waals surface area contributed by atoms with Gasteiger partial charge in [-0.3, -0.25) is 28.8 Å². The first-order valence-corrected chi connectivity index (χ1v) is 25.1. The molecule has 0 amide bonds. The Kier molecular flexibility index (Phi) is 15.7. The first-order chi connectivity index (χ1) is 28.7. The van der Waals surface area contributed by atoms with Crippen LogP contribution in [0.25, 0.3) is 0 Å². The summed E-state index contributed by atoms with van der Waals surface area (Å²) in [6.45, 7) is 23.6. The van der Waals surface area contributed by atoms with Gasteiger partial charge in [0.15, 0.2) is 0 Å². The van der Waals surface area contributed by atoms with E-state index in [-0.39, 0.29) is 37.2 Å². The second-order valence-electron chi connectivity index (χ2n) is 17.1. The van der Waals surface area contributed by atoms with Crippen molar-refractivity contribution < 1.29 is 47.4 Å². The highest BCUT2D eigenvalue weighted by Crippen LogP contribution is 2.52. The van der Waals surface area contributed by atoms with Gasteiger partial charge in [0.05, 0.1) is 0 Å². The van der Waals surface area contributed by atoms with Gasteiger partial charge in [0, 0.05) is 48.4 Å². The molecule has 0 aliphatic heterocycles. The molecule has 2 unspecified atom stereocenters. The number of esters is 2. The normalized spacial score (nSPS) is 13.2. The average Bonchev–Trinajstić information content (AvgIpc) is 3.14. The Balaban J connectivity index is 1.36. The molecule has 0 fully saturated rings. The monoisotopic (exact) mass is 882 g/mol. The molecule has 0 heterocycles. The maximum absolute atomic E-state index is 14.0. The number of benzene rings is 4. The summed E-state index contributed by atoms with van der Waals surface area (Å²) in [5, 5.41) is 0. The van der Waals surface area contributed by atoms with Crippen LogP contribution < -0.4 is 0 Å². The summed E-state index contributed by atoms with van der Waals surface area (Å²) >= 11 is 0. The molecule has 4 aromatic carbocycles. The third-order valence-electron chi connectivity index (χ3n) is 11.8. The van der Waals surface area contributed by atoms with Crippen molar-refractivity contribution in [2.75, 3.05) is 13.3 Å². The fraction of sp³-hybridized carbons (Fsp3) is 0.400. The number of carbonyl (C=O) groups excluding carboxylic acids is 6. The molecule has 0 radical (unpaired) electrons. The van der Waals surface area contributed by atoms with Crippen LogP contribution in [0.5, 0.6) is 0 Å². The van der Waals surface area contributed by atoms with Crippen molar-refractivity contribution in [3.05, 3.63) is 137 Å². The van der Waals surface area contributed by atoms with Gasteiger partial charge < -0.3 is 18.6 Å². The molecule has 0 aliphatic carbocycles. The number of ether oxygens (including phenoxy) is 2. The van der Waals surface area contributed by atoms with E-state index < -0.39 is 48.3 Å². The fourth-order valence-corrected chi connectivity index (χ4v) is 12.1. The van der Waals surface area contributed by atoms with E-state index in [4.69, 9.17) is 9.47 Å². The summed E-state index contributed by atoms with van der Waals surface area (Å²) in [7, 11) is -8.12. The predicted molar refractivity (Wildman–Crippen MR) is 245 cm³/mol. The van der Waals surface area contributed by atoms with Crippen LogP contribution in [0, 0.1) is 83.1 Å². The molecule has 12 heteroatoms. The van der Waals surface area contributed by atoms with Crippen molar-refractivity contribution in [2.24, 2.45) is 0 Å². The first kappa shape index (κ1) is 49.6. The van der Waals surface area contributed by atoms with Crippen molar-refractivity contribution in [1.82, 2.24) is 0 Å². The van der Waals surface area contributed by atoms with E-state index >= 15 is 0 Å². The Morgan fingerprint density at radius 2 is 0.661 bits per heavy atom. The molecule has 0 saturated carbocycles. The molecule has 330 valence electrons. The summed E-state index contributed by atoms with van der Waals surface area (Å²) in [4.78, 5) is 80.9. The summed E-state index contributed by atoms with van der Waals surface area (Å²) in [6, 6.07) is 10.8. The number of aryl methyl sites for hydroxylation is 10. The highest BCUT2D eigenvalue weighted by Gasteiger charge is 2.40. The number of carbonyl (C=O) groups is 6. The number of hydrogen-bond acceptors (Lipinski definition) is 10. The first-order valence-electron chi connectivity index (χ1n) is 20.7. The van der Waals surface area contributed by atoms with Gasteiger partial charge in [-0.05, 0) is 163 Å². The van der Waals surface area contributed by atoms with E-state index in [0.717, 1.165) is 22.3 Å². The van der Waals surface area contributed by atoms with E-state index in [9.17, 15) is 37.9 Å². The maximum atomic E-state index is 14.0. The van der Waals surface area contributed by atoms with Gasteiger partial charge in [-0.2, -0.15) is 0 Å². The van der Waals surface area contributed by atoms with Crippen molar-refractivity contribution >= 4 is 48.3 Å². The molecular formula is C50H60O10P2. The molecule has 4 aromatic rings. The standard InChI is InChI=1S/C50H60O10P2/c1-27-19-31(5)43(32(6)20-27)47(53)61(13,57)49(55)45-35(9)23-29(3)39(37(45)11)25-59-41(51)17-15-16-18-42(52)60-26-40-30(4)24-36(10)46(38(40)12)50(56)62(14,58)48(54)44-33(7)21-28(2)22-34(44)8/h19-24H,15-18,25-26H2,1-14H3. The van der Waals surface area contributed by atoms with Crippen molar-refractivity contribution in [3.8, 4) is 0 Å². The van der Waals surface area contributed by atoms with E-state index in [1.165, 1.54) is 13.3 Å². The lowest BCUT2D eigenvalue weighted by Crippen LogP contribution is -2.16. The zero-order valence-electron chi connectivity index (χ0n) is 38.7. The Bertz CT molecular complexity index is 2420. The van der Waals surface area contributed by atoms with Gasteiger partial charge in [0.1, 0.15) is 13.2 Å². The Morgan fingerprint density at radius 3 is 0.952 bits per heavy atom. The average molecular weight is 883 g/mol. The third-order valence-corrected chi connectivity index (χ3v) is 15.8. The third kappa shape index (κ3) is 10.4. The highest BCUT2D eigenvalue weighted by molar-refractivity contribution is 7.95. The lowest BCUT2D eigenvalue weighted by molar-refractivity contribution is -0.147. The van der Waals surface area contributed by atoms with Crippen molar-refractivity contribution in [2.45, 2.75) is 122 Å². The Hall–Kier alpha value is -5.04. The Morgan fingerprint density at radius 1 is 0.403 bits per heavy atom. The van der Waals surface area contributed by atoms with E-state index in [2.05, 4.69) is 0 Å². The molecular weight excluding hydrogens is 822 g/mol. The van der Waals surface area contributed by atoms with Gasteiger partial charge in [-0.25, -0.2) is 0 Å².